The third-order valence-corrected chi connectivity index (χ3v) is 4.02. The lowest BCUT2D eigenvalue weighted by Gasteiger charge is -2.19. The molecule has 5 heteroatoms. The summed E-state index contributed by atoms with van der Waals surface area (Å²) < 4.78 is 0. The van der Waals surface area contributed by atoms with Crippen LogP contribution in [0.25, 0.3) is 0 Å². The Morgan fingerprint density at radius 2 is 1.26 bits per heavy atom. The van der Waals surface area contributed by atoms with E-state index in [1.807, 2.05) is 66.7 Å². The molecule has 0 aliphatic heterocycles. The Bertz CT molecular complexity index is 922. The van der Waals surface area contributed by atoms with E-state index in [1.165, 1.54) is 0 Å². The standard InChI is InChI=1S/C22H17N3O2/c23-15-16-11-13-19(14-12-16)24-21(26)22(27)25-20(17-7-3-1-4-8-17)18-9-5-2-6-10-18/h1-14,20H,(H,24,26)(H,25,27). The summed E-state index contributed by atoms with van der Waals surface area (Å²) in [7, 11) is 0. The van der Waals surface area contributed by atoms with Gasteiger partial charge in [0.25, 0.3) is 0 Å². The first-order chi connectivity index (χ1) is 13.2. The summed E-state index contributed by atoms with van der Waals surface area (Å²) in [5, 5.41) is 14.1. The quantitative estimate of drug-likeness (QED) is 0.704. The maximum Gasteiger partial charge on any atom is 0.313 e. The second-order valence-corrected chi connectivity index (χ2v) is 5.87. The van der Waals surface area contributed by atoms with Gasteiger partial charge >= 0.3 is 11.8 Å². The van der Waals surface area contributed by atoms with E-state index in [0.29, 0.717) is 11.3 Å². The summed E-state index contributed by atoms with van der Waals surface area (Å²) in [5.41, 5.74) is 2.68. The van der Waals surface area contributed by atoms with E-state index in [1.54, 1.807) is 24.3 Å². The first-order valence-corrected chi connectivity index (χ1v) is 8.39. The normalized spacial score (nSPS) is 10.1. The number of benzene rings is 3. The first kappa shape index (κ1) is 17.9. The van der Waals surface area contributed by atoms with Crippen molar-refractivity contribution in [3.63, 3.8) is 0 Å². The molecule has 2 N–H and O–H groups in total. The van der Waals surface area contributed by atoms with Crippen LogP contribution in [0.3, 0.4) is 0 Å². The number of carbonyl (C=O) groups is 2. The number of nitriles is 1. The molecule has 0 radical (unpaired) electrons. The van der Waals surface area contributed by atoms with Gasteiger partial charge in [0.1, 0.15) is 0 Å². The van der Waals surface area contributed by atoms with Crippen LogP contribution >= 0.6 is 0 Å². The van der Waals surface area contributed by atoms with Crippen molar-refractivity contribution in [2.24, 2.45) is 0 Å². The minimum Gasteiger partial charge on any atom is -0.337 e. The Hall–Kier alpha value is -3.91. The molecule has 0 saturated carbocycles. The minimum atomic E-state index is -0.767. The van der Waals surface area contributed by atoms with Gasteiger partial charge in [0.05, 0.1) is 17.7 Å². The van der Waals surface area contributed by atoms with Crippen molar-refractivity contribution >= 4 is 17.5 Å². The topological polar surface area (TPSA) is 82.0 Å². The van der Waals surface area contributed by atoms with Gasteiger partial charge in [-0.3, -0.25) is 9.59 Å². The molecule has 0 aliphatic rings. The average molecular weight is 355 g/mol. The highest BCUT2D eigenvalue weighted by Gasteiger charge is 2.21. The highest BCUT2D eigenvalue weighted by Crippen LogP contribution is 2.21. The fourth-order valence-electron chi connectivity index (χ4n) is 2.66. The van der Waals surface area contributed by atoms with Crippen LogP contribution in [0.2, 0.25) is 0 Å². The van der Waals surface area contributed by atoms with E-state index in [-0.39, 0.29) is 0 Å². The molecule has 0 aliphatic carbocycles. The third-order valence-electron chi connectivity index (χ3n) is 4.02. The molecule has 0 saturated heterocycles. The molecule has 3 aromatic rings. The van der Waals surface area contributed by atoms with Crippen molar-refractivity contribution in [1.82, 2.24) is 5.32 Å². The molecule has 0 spiro atoms. The van der Waals surface area contributed by atoms with E-state index in [2.05, 4.69) is 10.6 Å². The Morgan fingerprint density at radius 3 is 1.74 bits per heavy atom. The molecule has 2 amide bonds. The number of carbonyl (C=O) groups excluding carboxylic acids is 2. The van der Waals surface area contributed by atoms with Crippen molar-refractivity contribution in [3.05, 3.63) is 102 Å². The zero-order valence-corrected chi connectivity index (χ0v) is 14.4. The molecule has 132 valence electrons. The number of anilines is 1. The van der Waals surface area contributed by atoms with Crippen molar-refractivity contribution < 1.29 is 9.59 Å². The maximum atomic E-state index is 12.5. The molecular formula is C22H17N3O2. The zero-order valence-electron chi connectivity index (χ0n) is 14.4. The van der Waals surface area contributed by atoms with Crippen LogP contribution in [-0.2, 0) is 9.59 Å². The van der Waals surface area contributed by atoms with Gasteiger partial charge in [0, 0.05) is 5.69 Å². The minimum absolute atomic E-state index is 0.438. The Kier molecular flexibility index (Phi) is 5.60. The van der Waals surface area contributed by atoms with Crippen LogP contribution in [0, 0.1) is 11.3 Å². The van der Waals surface area contributed by atoms with Crippen LogP contribution in [-0.4, -0.2) is 11.8 Å². The van der Waals surface area contributed by atoms with Crippen LogP contribution < -0.4 is 10.6 Å². The van der Waals surface area contributed by atoms with Crippen LogP contribution in [0.1, 0.15) is 22.7 Å². The van der Waals surface area contributed by atoms with Crippen LogP contribution in [0.4, 0.5) is 5.69 Å². The number of hydrogen-bond acceptors (Lipinski definition) is 3. The number of rotatable bonds is 4. The molecule has 5 nitrogen and oxygen atoms in total. The van der Waals surface area contributed by atoms with Crippen LogP contribution in [0.5, 0.6) is 0 Å². The monoisotopic (exact) mass is 355 g/mol. The van der Waals surface area contributed by atoms with Gasteiger partial charge < -0.3 is 10.6 Å². The summed E-state index contributed by atoms with van der Waals surface area (Å²) in [5.74, 6) is -1.51. The Labute approximate surface area is 157 Å². The first-order valence-electron chi connectivity index (χ1n) is 8.39. The fraction of sp³-hybridized carbons (Fsp3) is 0.0455. The lowest BCUT2D eigenvalue weighted by atomic mass is 9.99. The predicted octanol–water partition coefficient (Wildman–Crippen LogP) is 3.40. The van der Waals surface area contributed by atoms with Gasteiger partial charge in [-0.15, -0.1) is 0 Å². The van der Waals surface area contributed by atoms with E-state index in [0.717, 1.165) is 11.1 Å². The van der Waals surface area contributed by atoms with E-state index >= 15 is 0 Å². The molecule has 0 heterocycles. The van der Waals surface area contributed by atoms with Crippen molar-refractivity contribution in [2.45, 2.75) is 6.04 Å². The predicted molar refractivity (Wildman–Crippen MR) is 103 cm³/mol. The van der Waals surface area contributed by atoms with Gasteiger partial charge in [0.15, 0.2) is 0 Å². The lowest BCUT2D eigenvalue weighted by molar-refractivity contribution is -0.136. The SMILES string of the molecule is N#Cc1ccc(NC(=O)C(=O)NC(c2ccccc2)c2ccccc2)cc1. The molecular weight excluding hydrogens is 338 g/mol. The number of amides is 2. The van der Waals surface area contributed by atoms with Crippen molar-refractivity contribution in [2.75, 3.05) is 5.32 Å². The molecule has 0 fully saturated rings. The maximum absolute atomic E-state index is 12.5. The highest BCUT2D eigenvalue weighted by molar-refractivity contribution is 6.39. The highest BCUT2D eigenvalue weighted by atomic mass is 16.2. The number of hydrogen-bond donors (Lipinski definition) is 2. The molecule has 0 bridgehead atoms. The second-order valence-electron chi connectivity index (χ2n) is 5.87. The summed E-state index contributed by atoms with van der Waals surface area (Å²) in [6.45, 7) is 0. The third kappa shape index (κ3) is 4.59. The Morgan fingerprint density at radius 1 is 0.741 bits per heavy atom. The second kappa shape index (κ2) is 8.45. The van der Waals surface area contributed by atoms with Gasteiger partial charge in [-0.2, -0.15) is 5.26 Å². The fourth-order valence-corrected chi connectivity index (χ4v) is 2.66. The Balaban J connectivity index is 1.76. The van der Waals surface area contributed by atoms with E-state index in [4.69, 9.17) is 5.26 Å². The van der Waals surface area contributed by atoms with Crippen LogP contribution in [0.15, 0.2) is 84.9 Å². The molecule has 3 aromatic carbocycles. The van der Waals surface area contributed by atoms with Crippen molar-refractivity contribution in [3.8, 4) is 6.07 Å². The number of nitrogens with one attached hydrogen (secondary N) is 2. The van der Waals surface area contributed by atoms with Gasteiger partial charge in [-0.05, 0) is 35.4 Å². The lowest BCUT2D eigenvalue weighted by Crippen LogP contribution is -2.38. The van der Waals surface area contributed by atoms with E-state index < -0.39 is 17.9 Å². The van der Waals surface area contributed by atoms with E-state index in [9.17, 15) is 9.59 Å². The summed E-state index contributed by atoms with van der Waals surface area (Å²) in [6, 6.07) is 26.8. The van der Waals surface area contributed by atoms with Gasteiger partial charge in [0.2, 0.25) is 0 Å². The largest absolute Gasteiger partial charge is 0.337 e. The molecule has 3 rings (SSSR count). The average Bonchev–Trinajstić information content (AvgIpc) is 2.73. The van der Waals surface area contributed by atoms with Gasteiger partial charge in [-0.25, -0.2) is 0 Å². The zero-order chi connectivity index (χ0) is 19.1. The summed E-state index contributed by atoms with van der Waals surface area (Å²) in [4.78, 5) is 24.7. The summed E-state index contributed by atoms with van der Waals surface area (Å²) >= 11 is 0. The molecule has 27 heavy (non-hydrogen) atoms. The number of nitrogens with zero attached hydrogens (tertiary/aromatic N) is 1. The smallest absolute Gasteiger partial charge is 0.313 e. The molecule has 0 atom stereocenters. The van der Waals surface area contributed by atoms with Gasteiger partial charge in [-0.1, -0.05) is 60.7 Å². The summed E-state index contributed by atoms with van der Waals surface area (Å²) in [6.07, 6.45) is 0. The molecule has 0 aromatic heterocycles. The van der Waals surface area contributed by atoms with Crippen molar-refractivity contribution in [1.29, 1.82) is 5.26 Å². The molecule has 0 unspecified atom stereocenters.